The third kappa shape index (κ3) is 5.45. The number of nitrogens with one attached hydrogen (secondary N) is 2. The molecule has 1 aliphatic heterocycles. The summed E-state index contributed by atoms with van der Waals surface area (Å²) in [6.07, 6.45) is 0.727. The summed E-state index contributed by atoms with van der Waals surface area (Å²) in [6.45, 7) is 10.5. The Hall–Kier alpha value is -3.28. The Morgan fingerprint density at radius 1 is 1.00 bits per heavy atom. The Kier molecular flexibility index (Phi) is 6.68. The molecule has 1 unspecified atom stereocenters. The molecule has 0 bridgehead atoms. The van der Waals surface area contributed by atoms with E-state index in [9.17, 15) is 9.59 Å². The highest BCUT2D eigenvalue weighted by Crippen LogP contribution is 2.31. The molecular formula is C25H30N2O4. The molecule has 1 heterocycles. The quantitative estimate of drug-likeness (QED) is 0.615. The molecule has 2 amide bonds. The lowest BCUT2D eigenvalue weighted by atomic mass is 9.87. The van der Waals surface area contributed by atoms with Crippen LogP contribution in [0.25, 0.3) is 0 Å². The molecule has 2 aromatic carbocycles. The minimum Gasteiger partial charge on any atom is -0.462 e. The number of benzene rings is 2. The van der Waals surface area contributed by atoms with E-state index in [0.29, 0.717) is 23.6 Å². The van der Waals surface area contributed by atoms with Gasteiger partial charge in [0.25, 0.3) is 0 Å². The highest BCUT2D eigenvalue weighted by Gasteiger charge is 2.32. The van der Waals surface area contributed by atoms with Crippen LogP contribution in [0.5, 0.6) is 11.5 Å². The SMILES string of the molecule is CCCOC(=O)C1=C(C)NC(=O)NC1c1ccc(Oc2ccc(C(C)(C)C)cc2)cc1. The third-order valence-electron chi connectivity index (χ3n) is 5.10. The van der Waals surface area contributed by atoms with Crippen LogP contribution in [-0.2, 0) is 14.9 Å². The number of esters is 1. The summed E-state index contributed by atoms with van der Waals surface area (Å²) in [5, 5.41) is 5.46. The first kappa shape index (κ1) is 22.4. The maximum atomic E-state index is 12.6. The van der Waals surface area contributed by atoms with Gasteiger partial charge in [-0.25, -0.2) is 9.59 Å². The van der Waals surface area contributed by atoms with E-state index in [4.69, 9.17) is 9.47 Å². The van der Waals surface area contributed by atoms with Crippen LogP contribution in [0.3, 0.4) is 0 Å². The van der Waals surface area contributed by atoms with Crippen molar-refractivity contribution in [2.24, 2.45) is 0 Å². The first-order chi connectivity index (χ1) is 14.7. The number of rotatable bonds is 6. The Morgan fingerprint density at radius 3 is 2.13 bits per heavy atom. The van der Waals surface area contributed by atoms with E-state index < -0.39 is 12.0 Å². The van der Waals surface area contributed by atoms with Crippen molar-refractivity contribution in [3.63, 3.8) is 0 Å². The van der Waals surface area contributed by atoms with Crippen molar-refractivity contribution < 1.29 is 19.1 Å². The second kappa shape index (κ2) is 9.25. The molecule has 0 aromatic heterocycles. The number of urea groups is 1. The van der Waals surface area contributed by atoms with Crippen molar-refractivity contribution in [3.8, 4) is 11.5 Å². The fraction of sp³-hybridized carbons (Fsp3) is 0.360. The minimum absolute atomic E-state index is 0.0844. The monoisotopic (exact) mass is 422 g/mol. The molecule has 0 spiro atoms. The summed E-state index contributed by atoms with van der Waals surface area (Å²) in [6, 6.07) is 14.4. The molecule has 164 valence electrons. The van der Waals surface area contributed by atoms with Crippen LogP contribution in [0.2, 0.25) is 0 Å². The molecule has 0 aliphatic carbocycles. The van der Waals surface area contributed by atoms with E-state index in [1.165, 1.54) is 5.56 Å². The molecule has 0 fully saturated rings. The zero-order valence-corrected chi connectivity index (χ0v) is 18.7. The molecule has 0 radical (unpaired) electrons. The molecule has 1 atom stereocenters. The number of hydrogen-bond donors (Lipinski definition) is 2. The van der Waals surface area contributed by atoms with E-state index in [0.717, 1.165) is 17.7 Å². The number of allylic oxidation sites excluding steroid dienone is 1. The summed E-state index contributed by atoms with van der Waals surface area (Å²) in [5.41, 5.74) is 2.99. The topological polar surface area (TPSA) is 76.7 Å². The lowest BCUT2D eigenvalue weighted by molar-refractivity contribution is -0.139. The van der Waals surface area contributed by atoms with Crippen molar-refractivity contribution in [1.82, 2.24) is 10.6 Å². The van der Waals surface area contributed by atoms with Crippen LogP contribution in [0, 0.1) is 0 Å². The number of hydrogen-bond acceptors (Lipinski definition) is 4. The van der Waals surface area contributed by atoms with Crippen LogP contribution in [0.1, 0.15) is 58.2 Å². The average molecular weight is 423 g/mol. The maximum Gasteiger partial charge on any atom is 0.338 e. The Bertz CT molecular complexity index is 970. The van der Waals surface area contributed by atoms with Crippen molar-refractivity contribution in [2.45, 2.75) is 52.5 Å². The maximum absolute atomic E-state index is 12.6. The molecule has 31 heavy (non-hydrogen) atoms. The van der Waals surface area contributed by atoms with E-state index in [2.05, 4.69) is 43.5 Å². The fourth-order valence-electron chi connectivity index (χ4n) is 3.37. The smallest absolute Gasteiger partial charge is 0.338 e. The fourth-order valence-corrected chi connectivity index (χ4v) is 3.37. The van der Waals surface area contributed by atoms with Gasteiger partial charge in [-0.1, -0.05) is 52.0 Å². The minimum atomic E-state index is -0.585. The first-order valence-corrected chi connectivity index (χ1v) is 10.5. The van der Waals surface area contributed by atoms with Crippen LogP contribution >= 0.6 is 0 Å². The molecule has 2 aromatic rings. The lowest BCUT2D eigenvalue weighted by Gasteiger charge is -2.28. The highest BCUT2D eigenvalue weighted by atomic mass is 16.5. The second-order valence-electron chi connectivity index (χ2n) is 8.65. The van der Waals surface area contributed by atoms with Gasteiger partial charge < -0.3 is 20.1 Å². The van der Waals surface area contributed by atoms with Crippen LogP contribution < -0.4 is 15.4 Å². The van der Waals surface area contributed by atoms with Gasteiger partial charge >= 0.3 is 12.0 Å². The number of ether oxygens (including phenoxy) is 2. The van der Waals surface area contributed by atoms with Gasteiger partial charge in [0.15, 0.2) is 0 Å². The zero-order valence-electron chi connectivity index (χ0n) is 18.7. The second-order valence-corrected chi connectivity index (χ2v) is 8.65. The number of amides is 2. The molecule has 2 N–H and O–H groups in total. The van der Waals surface area contributed by atoms with Gasteiger partial charge in [-0.2, -0.15) is 0 Å². The first-order valence-electron chi connectivity index (χ1n) is 10.5. The highest BCUT2D eigenvalue weighted by molar-refractivity contribution is 5.95. The van der Waals surface area contributed by atoms with Gasteiger partial charge in [-0.3, -0.25) is 0 Å². The van der Waals surface area contributed by atoms with Crippen molar-refractivity contribution in [1.29, 1.82) is 0 Å². The summed E-state index contributed by atoms with van der Waals surface area (Å²) < 4.78 is 11.3. The predicted molar refractivity (Wildman–Crippen MR) is 120 cm³/mol. The molecule has 6 nitrogen and oxygen atoms in total. The molecular weight excluding hydrogens is 392 g/mol. The van der Waals surface area contributed by atoms with E-state index in [1.54, 1.807) is 6.92 Å². The number of carbonyl (C=O) groups is 2. The molecule has 1 aliphatic rings. The zero-order chi connectivity index (χ0) is 22.6. The van der Waals surface area contributed by atoms with Gasteiger partial charge in [0.2, 0.25) is 0 Å². The normalized spacial score (nSPS) is 16.4. The van der Waals surface area contributed by atoms with Gasteiger partial charge in [0.05, 0.1) is 18.2 Å². The number of carbonyl (C=O) groups excluding carboxylic acids is 2. The summed E-state index contributed by atoms with van der Waals surface area (Å²) in [5.74, 6) is 0.981. The molecule has 6 heteroatoms. The van der Waals surface area contributed by atoms with Crippen LogP contribution in [-0.4, -0.2) is 18.6 Å². The third-order valence-corrected chi connectivity index (χ3v) is 5.10. The van der Waals surface area contributed by atoms with Gasteiger partial charge in [0.1, 0.15) is 11.5 Å². The van der Waals surface area contributed by atoms with Crippen LogP contribution in [0.4, 0.5) is 4.79 Å². The largest absolute Gasteiger partial charge is 0.462 e. The Balaban J connectivity index is 1.78. The predicted octanol–water partition coefficient (Wildman–Crippen LogP) is 5.36. The molecule has 0 saturated heterocycles. The van der Waals surface area contributed by atoms with Crippen molar-refractivity contribution in [3.05, 3.63) is 70.9 Å². The van der Waals surface area contributed by atoms with E-state index >= 15 is 0 Å². The molecule has 3 rings (SSSR count). The van der Waals surface area contributed by atoms with Crippen LogP contribution in [0.15, 0.2) is 59.8 Å². The van der Waals surface area contributed by atoms with Crippen molar-refractivity contribution in [2.75, 3.05) is 6.61 Å². The summed E-state index contributed by atoms with van der Waals surface area (Å²) in [7, 11) is 0. The standard InChI is InChI=1S/C25H30N2O4/c1-6-15-30-23(28)21-16(2)26-24(29)27-22(21)17-7-11-19(12-8-17)31-20-13-9-18(10-14-20)25(3,4)5/h7-14,22H,6,15H2,1-5H3,(H2,26,27,29). The van der Waals surface area contributed by atoms with Crippen molar-refractivity contribution >= 4 is 12.0 Å². The Labute approximate surface area is 183 Å². The van der Waals surface area contributed by atoms with E-state index in [-0.39, 0.29) is 11.4 Å². The lowest BCUT2D eigenvalue weighted by Crippen LogP contribution is -2.45. The van der Waals surface area contributed by atoms with E-state index in [1.807, 2.05) is 43.3 Å². The van der Waals surface area contributed by atoms with Gasteiger partial charge in [-0.05, 0) is 54.2 Å². The summed E-state index contributed by atoms with van der Waals surface area (Å²) in [4.78, 5) is 24.6. The Morgan fingerprint density at radius 2 is 1.58 bits per heavy atom. The summed E-state index contributed by atoms with van der Waals surface area (Å²) >= 11 is 0. The molecule has 0 saturated carbocycles. The van der Waals surface area contributed by atoms with Gasteiger partial charge in [-0.15, -0.1) is 0 Å². The average Bonchev–Trinajstić information content (AvgIpc) is 2.72. The van der Waals surface area contributed by atoms with Gasteiger partial charge in [0, 0.05) is 5.70 Å².